The molecular formula is C21H24N2O3. The molecule has 136 valence electrons. The van der Waals surface area contributed by atoms with Crippen LogP contribution in [0, 0.1) is 0 Å². The molecule has 5 nitrogen and oxygen atoms in total. The van der Waals surface area contributed by atoms with Crippen LogP contribution in [-0.2, 0) is 4.79 Å². The molecule has 0 spiro atoms. The molecule has 4 rings (SSSR count). The van der Waals surface area contributed by atoms with Gasteiger partial charge in [0.2, 0.25) is 5.91 Å². The van der Waals surface area contributed by atoms with Crippen molar-refractivity contribution in [2.75, 3.05) is 38.3 Å². The largest absolute Gasteiger partial charge is 0.486 e. The molecule has 2 aliphatic heterocycles. The summed E-state index contributed by atoms with van der Waals surface area (Å²) in [6.45, 7) is 2.35. The third-order valence-electron chi connectivity index (χ3n) is 5.09. The zero-order chi connectivity index (χ0) is 17.9. The van der Waals surface area contributed by atoms with E-state index in [0.29, 0.717) is 19.8 Å². The molecule has 1 amide bonds. The molecule has 1 unspecified atom stereocenters. The SMILES string of the molecule is CN(CC(=O)N1CCCC1c1ccc2c(c1)OCCO2)c1ccccc1. The lowest BCUT2D eigenvalue weighted by Crippen LogP contribution is -2.38. The molecule has 0 radical (unpaired) electrons. The second kappa shape index (κ2) is 7.28. The normalized spacial score (nSPS) is 18.7. The van der Waals surface area contributed by atoms with E-state index in [2.05, 4.69) is 6.07 Å². The fourth-order valence-corrected chi connectivity index (χ4v) is 3.75. The number of carbonyl (C=O) groups is 1. The van der Waals surface area contributed by atoms with Gasteiger partial charge in [0.15, 0.2) is 11.5 Å². The number of hydrogen-bond acceptors (Lipinski definition) is 4. The van der Waals surface area contributed by atoms with Crippen LogP contribution in [0.15, 0.2) is 48.5 Å². The van der Waals surface area contributed by atoms with Crippen molar-refractivity contribution in [2.45, 2.75) is 18.9 Å². The third-order valence-corrected chi connectivity index (χ3v) is 5.09. The van der Waals surface area contributed by atoms with Gasteiger partial charge in [0.05, 0.1) is 12.6 Å². The number of hydrogen-bond donors (Lipinski definition) is 0. The molecule has 2 aliphatic rings. The van der Waals surface area contributed by atoms with Crippen molar-refractivity contribution in [1.82, 2.24) is 4.90 Å². The first kappa shape index (κ1) is 16.8. The highest BCUT2D eigenvalue weighted by molar-refractivity contribution is 5.82. The van der Waals surface area contributed by atoms with Crippen LogP contribution in [0.25, 0.3) is 0 Å². The maximum absolute atomic E-state index is 12.9. The molecule has 2 aromatic rings. The van der Waals surface area contributed by atoms with Crippen LogP contribution in [0.1, 0.15) is 24.4 Å². The summed E-state index contributed by atoms with van der Waals surface area (Å²) in [6.07, 6.45) is 2.01. The van der Waals surface area contributed by atoms with Crippen LogP contribution in [-0.4, -0.2) is 44.2 Å². The van der Waals surface area contributed by atoms with Gasteiger partial charge in [-0.3, -0.25) is 4.79 Å². The van der Waals surface area contributed by atoms with E-state index in [0.717, 1.165) is 42.1 Å². The predicted octanol–water partition coefficient (Wildman–Crippen LogP) is 3.26. The summed E-state index contributed by atoms with van der Waals surface area (Å²) in [4.78, 5) is 16.9. The molecule has 2 heterocycles. The van der Waals surface area contributed by atoms with Crippen LogP contribution >= 0.6 is 0 Å². The first-order chi connectivity index (χ1) is 12.7. The average molecular weight is 352 g/mol. The molecule has 26 heavy (non-hydrogen) atoms. The monoisotopic (exact) mass is 352 g/mol. The first-order valence-corrected chi connectivity index (χ1v) is 9.17. The minimum Gasteiger partial charge on any atom is -0.486 e. The van der Waals surface area contributed by atoms with Crippen molar-refractivity contribution < 1.29 is 14.3 Å². The lowest BCUT2D eigenvalue weighted by Gasteiger charge is -2.29. The summed E-state index contributed by atoms with van der Waals surface area (Å²) < 4.78 is 11.3. The number of benzene rings is 2. The number of likely N-dealkylation sites (N-methyl/N-ethyl adjacent to an activating group) is 1. The Labute approximate surface area is 154 Å². The molecule has 1 saturated heterocycles. The van der Waals surface area contributed by atoms with Gasteiger partial charge in [-0.25, -0.2) is 0 Å². The Morgan fingerprint density at radius 1 is 1.12 bits per heavy atom. The number of para-hydroxylation sites is 1. The van der Waals surface area contributed by atoms with E-state index in [1.165, 1.54) is 0 Å². The number of anilines is 1. The molecule has 2 aromatic carbocycles. The molecule has 0 N–H and O–H groups in total. The van der Waals surface area contributed by atoms with Gasteiger partial charge in [-0.2, -0.15) is 0 Å². The first-order valence-electron chi connectivity index (χ1n) is 9.17. The number of ether oxygens (including phenoxy) is 2. The van der Waals surface area contributed by atoms with Gasteiger partial charge < -0.3 is 19.3 Å². The minimum atomic E-state index is 0.113. The van der Waals surface area contributed by atoms with E-state index < -0.39 is 0 Å². The topological polar surface area (TPSA) is 42.0 Å². The van der Waals surface area contributed by atoms with Gasteiger partial charge in [0, 0.05) is 19.3 Å². The van der Waals surface area contributed by atoms with Crippen molar-refractivity contribution in [2.24, 2.45) is 0 Å². The lowest BCUT2D eigenvalue weighted by molar-refractivity contribution is -0.130. The number of rotatable bonds is 4. The maximum atomic E-state index is 12.9. The second-order valence-corrected chi connectivity index (χ2v) is 6.84. The smallest absolute Gasteiger partial charge is 0.242 e. The Bertz CT molecular complexity index is 778. The van der Waals surface area contributed by atoms with E-state index in [1.54, 1.807) is 0 Å². The van der Waals surface area contributed by atoms with Gasteiger partial charge in [0.25, 0.3) is 0 Å². The fraction of sp³-hybridized carbons (Fsp3) is 0.381. The van der Waals surface area contributed by atoms with Gasteiger partial charge in [-0.05, 0) is 42.7 Å². The number of amides is 1. The van der Waals surface area contributed by atoms with Crippen molar-refractivity contribution in [3.8, 4) is 11.5 Å². The molecule has 5 heteroatoms. The Morgan fingerprint density at radius 2 is 1.88 bits per heavy atom. The fourth-order valence-electron chi connectivity index (χ4n) is 3.75. The van der Waals surface area contributed by atoms with Crippen LogP contribution in [0.5, 0.6) is 11.5 Å². The predicted molar refractivity (Wildman–Crippen MR) is 101 cm³/mol. The summed E-state index contributed by atoms with van der Waals surface area (Å²) in [5.41, 5.74) is 2.18. The summed E-state index contributed by atoms with van der Waals surface area (Å²) in [7, 11) is 1.96. The Balaban J connectivity index is 1.48. The van der Waals surface area contributed by atoms with Gasteiger partial charge >= 0.3 is 0 Å². The summed E-state index contributed by atoms with van der Waals surface area (Å²) in [5.74, 6) is 1.74. The number of carbonyl (C=O) groups excluding carboxylic acids is 1. The molecule has 0 aromatic heterocycles. The van der Waals surface area contributed by atoms with Gasteiger partial charge in [-0.15, -0.1) is 0 Å². The van der Waals surface area contributed by atoms with Crippen LogP contribution in [0.4, 0.5) is 5.69 Å². The second-order valence-electron chi connectivity index (χ2n) is 6.84. The Hall–Kier alpha value is -2.69. The van der Waals surface area contributed by atoms with E-state index in [9.17, 15) is 4.79 Å². The summed E-state index contributed by atoms with van der Waals surface area (Å²) in [5, 5.41) is 0. The zero-order valence-electron chi connectivity index (χ0n) is 15.1. The highest BCUT2D eigenvalue weighted by atomic mass is 16.6. The third kappa shape index (κ3) is 3.34. The summed E-state index contributed by atoms with van der Waals surface area (Å²) >= 11 is 0. The van der Waals surface area contributed by atoms with Crippen molar-refractivity contribution in [3.05, 3.63) is 54.1 Å². The highest BCUT2D eigenvalue weighted by Gasteiger charge is 2.31. The zero-order valence-corrected chi connectivity index (χ0v) is 15.1. The highest BCUT2D eigenvalue weighted by Crippen LogP contribution is 2.38. The lowest BCUT2D eigenvalue weighted by atomic mass is 10.0. The van der Waals surface area contributed by atoms with Gasteiger partial charge in [-0.1, -0.05) is 24.3 Å². The molecular weight excluding hydrogens is 328 g/mol. The molecule has 1 fully saturated rings. The van der Waals surface area contributed by atoms with E-state index in [-0.39, 0.29) is 11.9 Å². The molecule has 0 bridgehead atoms. The van der Waals surface area contributed by atoms with E-state index in [1.807, 2.05) is 59.3 Å². The molecule has 0 aliphatic carbocycles. The van der Waals surface area contributed by atoms with Crippen LogP contribution < -0.4 is 14.4 Å². The molecule has 1 atom stereocenters. The van der Waals surface area contributed by atoms with Crippen molar-refractivity contribution in [1.29, 1.82) is 0 Å². The Kier molecular flexibility index (Phi) is 4.69. The van der Waals surface area contributed by atoms with Crippen LogP contribution in [0.3, 0.4) is 0 Å². The van der Waals surface area contributed by atoms with Crippen LogP contribution in [0.2, 0.25) is 0 Å². The molecule has 0 saturated carbocycles. The minimum absolute atomic E-state index is 0.113. The number of likely N-dealkylation sites (tertiary alicyclic amines) is 1. The van der Waals surface area contributed by atoms with E-state index in [4.69, 9.17) is 9.47 Å². The summed E-state index contributed by atoms with van der Waals surface area (Å²) in [6, 6.07) is 16.2. The van der Waals surface area contributed by atoms with E-state index >= 15 is 0 Å². The van der Waals surface area contributed by atoms with Crippen molar-refractivity contribution >= 4 is 11.6 Å². The maximum Gasteiger partial charge on any atom is 0.242 e. The standard InChI is InChI=1S/C21H24N2O3/c1-22(17-6-3-2-4-7-17)15-21(24)23-11-5-8-18(23)16-9-10-19-20(14-16)26-13-12-25-19/h2-4,6-7,9-10,14,18H,5,8,11-13,15H2,1H3. The van der Waals surface area contributed by atoms with Gasteiger partial charge in [0.1, 0.15) is 13.2 Å². The Morgan fingerprint density at radius 3 is 2.69 bits per heavy atom. The average Bonchev–Trinajstić information content (AvgIpc) is 3.18. The number of nitrogens with zero attached hydrogens (tertiary/aromatic N) is 2. The number of fused-ring (bicyclic) bond motifs is 1. The van der Waals surface area contributed by atoms with Crippen molar-refractivity contribution in [3.63, 3.8) is 0 Å². The quantitative estimate of drug-likeness (QED) is 0.847.